The van der Waals surface area contributed by atoms with Crippen molar-refractivity contribution in [3.05, 3.63) is 53.6 Å². The predicted molar refractivity (Wildman–Crippen MR) is 101 cm³/mol. The van der Waals surface area contributed by atoms with Gasteiger partial charge in [-0.15, -0.1) is 0 Å². The van der Waals surface area contributed by atoms with Gasteiger partial charge in [-0.2, -0.15) is 0 Å². The molecule has 0 aliphatic heterocycles. The number of para-hydroxylation sites is 1. The highest BCUT2D eigenvalue weighted by Crippen LogP contribution is 2.29. The first kappa shape index (κ1) is 19.4. The molecule has 0 saturated heterocycles. The normalized spacial score (nSPS) is 11.4. The molecule has 0 aromatic heterocycles. The zero-order valence-electron chi connectivity index (χ0n) is 15.7. The van der Waals surface area contributed by atoms with Gasteiger partial charge in [0.2, 0.25) is 0 Å². The van der Waals surface area contributed by atoms with Crippen LogP contribution in [0.1, 0.15) is 24.1 Å². The molecule has 140 valence electrons. The Morgan fingerprint density at radius 2 is 1.65 bits per heavy atom. The van der Waals surface area contributed by atoms with E-state index in [1.54, 1.807) is 21.3 Å². The number of hydrogen-bond donors (Lipinski definition) is 2. The fourth-order valence-corrected chi connectivity index (χ4v) is 2.67. The molecular weight excluding hydrogens is 332 g/mol. The molecule has 2 rings (SSSR count). The molecule has 1 unspecified atom stereocenters. The molecule has 2 N–H and O–H groups in total. The predicted octanol–water partition coefficient (Wildman–Crippen LogP) is 3.32. The van der Waals surface area contributed by atoms with Crippen molar-refractivity contribution >= 4 is 6.03 Å². The molecule has 26 heavy (non-hydrogen) atoms. The molecule has 0 spiro atoms. The van der Waals surface area contributed by atoms with Gasteiger partial charge in [-0.3, -0.25) is 0 Å². The molecule has 2 amide bonds. The molecule has 0 bridgehead atoms. The van der Waals surface area contributed by atoms with Crippen LogP contribution in [0.5, 0.6) is 17.2 Å². The average Bonchev–Trinajstić information content (AvgIpc) is 2.67. The molecule has 2 aromatic carbocycles. The minimum Gasteiger partial charge on any atom is -0.496 e. The Balaban J connectivity index is 1.87. The third-order valence-corrected chi connectivity index (χ3v) is 4.13. The molecule has 6 nitrogen and oxygen atoms in total. The second-order valence-corrected chi connectivity index (χ2v) is 5.80. The highest BCUT2D eigenvalue weighted by Gasteiger charge is 2.12. The number of amides is 2. The molecule has 0 fully saturated rings. The Morgan fingerprint density at radius 3 is 2.35 bits per heavy atom. The maximum absolute atomic E-state index is 12.1. The summed E-state index contributed by atoms with van der Waals surface area (Å²) in [7, 11) is 4.82. The van der Waals surface area contributed by atoms with Crippen molar-refractivity contribution in [1.29, 1.82) is 0 Å². The van der Waals surface area contributed by atoms with Gasteiger partial charge in [0.15, 0.2) is 11.5 Å². The maximum atomic E-state index is 12.1. The van der Waals surface area contributed by atoms with Crippen LogP contribution in [0.15, 0.2) is 42.5 Å². The fourth-order valence-electron chi connectivity index (χ4n) is 2.67. The maximum Gasteiger partial charge on any atom is 0.315 e. The summed E-state index contributed by atoms with van der Waals surface area (Å²) in [5.74, 6) is 2.12. The van der Waals surface area contributed by atoms with E-state index in [0.29, 0.717) is 24.5 Å². The SMILES string of the molecule is COc1ccccc1CCNC(=O)NC(C)c1ccc(OC)c(OC)c1. The monoisotopic (exact) mass is 358 g/mol. The Labute approximate surface area is 154 Å². The van der Waals surface area contributed by atoms with E-state index in [0.717, 1.165) is 16.9 Å². The number of benzene rings is 2. The second kappa shape index (κ2) is 9.56. The first-order valence-electron chi connectivity index (χ1n) is 8.47. The molecule has 1 atom stereocenters. The van der Waals surface area contributed by atoms with Crippen molar-refractivity contribution in [1.82, 2.24) is 10.6 Å². The van der Waals surface area contributed by atoms with E-state index in [1.807, 2.05) is 49.4 Å². The lowest BCUT2D eigenvalue weighted by molar-refractivity contribution is 0.238. The number of ether oxygens (including phenoxy) is 3. The molecular formula is C20H26N2O4. The van der Waals surface area contributed by atoms with Gasteiger partial charge in [-0.25, -0.2) is 4.79 Å². The third kappa shape index (κ3) is 5.05. The summed E-state index contributed by atoms with van der Waals surface area (Å²) in [6.45, 7) is 2.44. The number of urea groups is 1. The van der Waals surface area contributed by atoms with E-state index in [1.165, 1.54) is 0 Å². The van der Waals surface area contributed by atoms with Gasteiger partial charge in [0.05, 0.1) is 27.4 Å². The van der Waals surface area contributed by atoms with Crippen molar-refractivity contribution in [2.24, 2.45) is 0 Å². The van der Waals surface area contributed by atoms with Gasteiger partial charge in [0.1, 0.15) is 5.75 Å². The van der Waals surface area contributed by atoms with Crippen LogP contribution >= 0.6 is 0 Å². The van der Waals surface area contributed by atoms with Crippen LogP contribution < -0.4 is 24.8 Å². The van der Waals surface area contributed by atoms with Gasteiger partial charge in [-0.1, -0.05) is 24.3 Å². The van der Waals surface area contributed by atoms with Crippen molar-refractivity contribution in [2.75, 3.05) is 27.9 Å². The van der Waals surface area contributed by atoms with E-state index in [2.05, 4.69) is 10.6 Å². The Bertz CT molecular complexity index is 734. The smallest absolute Gasteiger partial charge is 0.315 e. The molecule has 0 heterocycles. The number of carbonyl (C=O) groups is 1. The standard InChI is InChI=1S/C20H26N2O4/c1-14(16-9-10-18(25-3)19(13-16)26-4)22-20(23)21-12-11-15-7-5-6-8-17(15)24-2/h5-10,13-14H,11-12H2,1-4H3,(H2,21,22,23). The number of methoxy groups -OCH3 is 3. The van der Waals surface area contributed by atoms with Crippen LogP contribution in [0.25, 0.3) is 0 Å². The zero-order chi connectivity index (χ0) is 18.9. The lowest BCUT2D eigenvalue weighted by atomic mass is 10.1. The summed E-state index contributed by atoms with van der Waals surface area (Å²) < 4.78 is 15.8. The Kier molecular flexibility index (Phi) is 7.14. The summed E-state index contributed by atoms with van der Waals surface area (Å²) >= 11 is 0. The van der Waals surface area contributed by atoms with Crippen molar-refractivity contribution in [3.63, 3.8) is 0 Å². The topological polar surface area (TPSA) is 68.8 Å². The largest absolute Gasteiger partial charge is 0.496 e. The van der Waals surface area contributed by atoms with Crippen molar-refractivity contribution < 1.29 is 19.0 Å². The summed E-state index contributed by atoms with van der Waals surface area (Å²) in [4.78, 5) is 12.1. The molecule has 6 heteroatoms. The highest BCUT2D eigenvalue weighted by molar-refractivity contribution is 5.74. The van der Waals surface area contributed by atoms with Crippen LogP contribution in [0.2, 0.25) is 0 Å². The second-order valence-electron chi connectivity index (χ2n) is 5.80. The molecule has 0 aliphatic rings. The first-order chi connectivity index (χ1) is 12.6. The summed E-state index contributed by atoms with van der Waals surface area (Å²) in [5, 5.41) is 5.79. The van der Waals surface area contributed by atoms with Crippen LogP contribution in [0.4, 0.5) is 4.79 Å². The average molecular weight is 358 g/mol. The van der Waals surface area contributed by atoms with Gasteiger partial charge < -0.3 is 24.8 Å². The van der Waals surface area contributed by atoms with Gasteiger partial charge >= 0.3 is 6.03 Å². The zero-order valence-corrected chi connectivity index (χ0v) is 15.7. The van der Waals surface area contributed by atoms with E-state index >= 15 is 0 Å². The van der Waals surface area contributed by atoms with E-state index < -0.39 is 0 Å². The highest BCUT2D eigenvalue weighted by atomic mass is 16.5. The first-order valence-corrected chi connectivity index (χ1v) is 8.47. The lowest BCUT2D eigenvalue weighted by Crippen LogP contribution is -2.38. The number of rotatable bonds is 8. The van der Waals surface area contributed by atoms with Crippen molar-refractivity contribution in [3.8, 4) is 17.2 Å². The van der Waals surface area contributed by atoms with Crippen LogP contribution in [-0.4, -0.2) is 33.9 Å². The van der Waals surface area contributed by atoms with Crippen LogP contribution in [0, 0.1) is 0 Å². The van der Waals surface area contributed by atoms with Crippen molar-refractivity contribution in [2.45, 2.75) is 19.4 Å². The fraction of sp³-hybridized carbons (Fsp3) is 0.350. The molecule has 0 saturated carbocycles. The van der Waals surface area contributed by atoms with Gasteiger partial charge in [0, 0.05) is 6.54 Å². The number of carbonyl (C=O) groups excluding carboxylic acids is 1. The molecule has 0 aliphatic carbocycles. The van der Waals surface area contributed by atoms with E-state index in [9.17, 15) is 4.79 Å². The summed E-state index contributed by atoms with van der Waals surface area (Å²) in [6.07, 6.45) is 0.697. The molecule has 0 radical (unpaired) electrons. The van der Waals surface area contributed by atoms with Gasteiger partial charge in [-0.05, 0) is 42.7 Å². The van der Waals surface area contributed by atoms with Crippen LogP contribution in [-0.2, 0) is 6.42 Å². The number of nitrogens with one attached hydrogen (secondary N) is 2. The summed E-state index contributed by atoms with van der Waals surface area (Å²) in [6, 6.07) is 13.0. The Hall–Kier alpha value is -2.89. The minimum atomic E-state index is -0.220. The van der Waals surface area contributed by atoms with Gasteiger partial charge in [0.25, 0.3) is 0 Å². The molecule has 2 aromatic rings. The number of hydrogen-bond acceptors (Lipinski definition) is 4. The van der Waals surface area contributed by atoms with E-state index in [4.69, 9.17) is 14.2 Å². The third-order valence-electron chi connectivity index (χ3n) is 4.13. The lowest BCUT2D eigenvalue weighted by Gasteiger charge is -2.17. The summed E-state index contributed by atoms with van der Waals surface area (Å²) in [5.41, 5.74) is 1.99. The van der Waals surface area contributed by atoms with Crippen LogP contribution in [0.3, 0.4) is 0 Å². The van der Waals surface area contributed by atoms with E-state index in [-0.39, 0.29) is 12.1 Å². The Morgan fingerprint density at radius 1 is 0.962 bits per heavy atom. The quantitative estimate of drug-likeness (QED) is 0.760. The minimum absolute atomic E-state index is 0.166.